The van der Waals surface area contributed by atoms with Crippen molar-refractivity contribution >= 4 is 0 Å². The Bertz CT molecular complexity index is 329. The number of aromatic nitrogens is 2. The molecule has 1 heterocycles. The van der Waals surface area contributed by atoms with Crippen molar-refractivity contribution < 1.29 is 4.63 Å². The summed E-state index contributed by atoms with van der Waals surface area (Å²) in [5, 5.41) is 7.08. The Balaban J connectivity index is 2.15. The molecule has 0 bridgehead atoms. The lowest BCUT2D eigenvalue weighted by Gasteiger charge is -1.93. The lowest BCUT2D eigenvalue weighted by atomic mass is 10.1. The molecule has 3 heteroatoms. The normalized spacial score (nSPS) is 10.0. The highest BCUT2D eigenvalue weighted by molar-refractivity contribution is 5.19. The number of hydrogen-bond donors (Lipinski definition) is 0. The van der Waals surface area contributed by atoms with Crippen LogP contribution in [0.4, 0.5) is 0 Å². The molecule has 0 fully saturated rings. The van der Waals surface area contributed by atoms with E-state index >= 15 is 0 Å². The molecule has 0 saturated heterocycles. The van der Waals surface area contributed by atoms with Crippen molar-refractivity contribution in [3.8, 4) is 0 Å². The Morgan fingerprint density at radius 2 is 2.08 bits per heavy atom. The summed E-state index contributed by atoms with van der Waals surface area (Å²) in [7, 11) is 0. The van der Waals surface area contributed by atoms with Crippen LogP contribution in [0.2, 0.25) is 0 Å². The predicted octanol–water partition coefficient (Wildman–Crippen LogP) is 1.46. The third-order valence-corrected chi connectivity index (χ3v) is 1.58. The Hall–Kier alpha value is -1.64. The number of benzene rings is 1. The highest BCUT2D eigenvalue weighted by Gasteiger charge is 1.98. The molecule has 0 amide bonds. The lowest BCUT2D eigenvalue weighted by Crippen LogP contribution is -1.86. The molecule has 0 spiro atoms. The fourth-order valence-corrected chi connectivity index (χ4v) is 1.02. The van der Waals surface area contributed by atoms with Crippen molar-refractivity contribution in [2.45, 2.75) is 6.42 Å². The van der Waals surface area contributed by atoms with Gasteiger partial charge in [-0.25, -0.2) is 4.63 Å². The van der Waals surface area contributed by atoms with Crippen molar-refractivity contribution in [1.82, 2.24) is 10.3 Å². The van der Waals surface area contributed by atoms with E-state index in [0.29, 0.717) is 0 Å². The molecule has 1 radical (unpaired) electrons. The van der Waals surface area contributed by atoms with Crippen LogP contribution in [0.15, 0.2) is 35.0 Å². The van der Waals surface area contributed by atoms with Crippen LogP contribution in [0.5, 0.6) is 0 Å². The van der Waals surface area contributed by atoms with Crippen LogP contribution < -0.4 is 0 Å². The van der Waals surface area contributed by atoms with E-state index in [9.17, 15) is 0 Å². The first-order valence-corrected chi connectivity index (χ1v) is 3.68. The van der Waals surface area contributed by atoms with Crippen LogP contribution in [0.25, 0.3) is 0 Å². The van der Waals surface area contributed by atoms with Crippen LogP contribution >= 0.6 is 0 Å². The molecule has 0 saturated carbocycles. The second-order valence-electron chi connectivity index (χ2n) is 2.49. The van der Waals surface area contributed by atoms with Gasteiger partial charge < -0.3 is 0 Å². The fraction of sp³-hybridized carbons (Fsp3) is 0.111. The molecule has 0 atom stereocenters. The Morgan fingerprint density at radius 3 is 2.75 bits per heavy atom. The van der Waals surface area contributed by atoms with Gasteiger partial charge in [0.05, 0.1) is 0 Å². The molecule has 2 rings (SSSR count). The van der Waals surface area contributed by atoms with Crippen LogP contribution in [0, 0.1) is 6.20 Å². The summed E-state index contributed by atoms with van der Waals surface area (Å²) in [4.78, 5) is 0. The summed E-state index contributed by atoms with van der Waals surface area (Å²) in [6, 6.07) is 10.0. The van der Waals surface area contributed by atoms with E-state index in [-0.39, 0.29) is 0 Å². The van der Waals surface area contributed by atoms with Crippen molar-refractivity contribution in [2.75, 3.05) is 0 Å². The molecular formula is C9H7N2O. The molecule has 0 unspecified atom stereocenters. The first kappa shape index (κ1) is 7.03. The Labute approximate surface area is 70.0 Å². The molecule has 0 aliphatic carbocycles. The van der Waals surface area contributed by atoms with E-state index in [1.165, 1.54) is 5.56 Å². The molecule has 1 aromatic carbocycles. The van der Waals surface area contributed by atoms with Gasteiger partial charge in [0, 0.05) is 6.42 Å². The van der Waals surface area contributed by atoms with Gasteiger partial charge in [-0.3, -0.25) is 0 Å². The first-order chi connectivity index (χ1) is 5.95. The average molecular weight is 159 g/mol. The van der Waals surface area contributed by atoms with E-state index in [0.717, 1.165) is 12.1 Å². The van der Waals surface area contributed by atoms with Gasteiger partial charge in [-0.1, -0.05) is 35.5 Å². The largest absolute Gasteiger partial charge is 0.244 e. The van der Waals surface area contributed by atoms with Crippen molar-refractivity contribution in [2.24, 2.45) is 0 Å². The third kappa shape index (κ3) is 1.50. The molecule has 0 aliphatic heterocycles. The lowest BCUT2D eigenvalue weighted by molar-refractivity contribution is 0.303. The maximum Gasteiger partial charge on any atom is 0.162 e. The number of rotatable bonds is 2. The van der Waals surface area contributed by atoms with Gasteiger partial charge in [0.25, 0.3) is 0 Å². The molecule has 59 valence electrons. The third-order valence-electron chi connectivity index (χ3n) is 1.58. The first-order valence-electron chi connectivity index (χ1n) is 3.68. The second-order valence-corrected chi connectivity index (χ2v) is 2.49. The SMILES string of the molecule is [c]1nonc1Cc1ccccc1. The van der Waals surface area contributed by atoms with Gasteiger partial charge in [0.2, 0.25) is 0 Å². The highest BCUT2D eigenvalue weighted by atomic mass is 16.6. The van der Waals surface area contributed by atoms with Crippen molar-refractivity contribution in [1.29, 1.82) is 0 Å². The van der Waals surface area contributed by atoms with Crippen LogP contribution in [-0.2, 0) is 6.42 Å². The second kappa shape index (κ2) is 3.17. The minimum Gasteiger partial charge on any atom is -0.244 e. The number of nitrogens with zero attached hydrogens (tertiary/aromatic N) is 2. The van der Waals surface area contributed by atoms with Gasteiger partial charge in [0.15, 0.2) is 6.20 Å². The molecule has 1 aromatic heterocycles. The van der Waals surface area contributed by atoms with Crippen LogP contribution in [0.1, 0.15) is 11.3 Å². The quantitative estimate of drug-likeness (QED) is 0.665. The van der Waals surface area contributed by atoms with E-state index < -0.39 is 0 Å². The van der Waals surface area contributed by atoms with E-state index in [1.807, 2.05) is 30.3 Å². The van der Waals surface area contributed by atoms with E-state index in [4.69, 9.17) is 0 Å². The highest BCUT2D eigenvalue weighted by Crippen LogP contribution is 2.04. The van der Waals surface area contributed by atoms with E-state index in [2.05, 4.69) is 21.1 Å². The van der Waals surface area contributed by atoms with Gasteiger partial charge in [-0.2, -0.15) is 0 Å². The molecule has 0 aliphatic rings. The smallest absolute Gasteiger partial charge is 0.162 e. The zero-order chi connectivity index (χ0) is 8.23. The summed E-state index contributed by atoms with van der Waals surface area (Å²) in [6.45, 7) is 0. The topological polar surface area (TPSA) is 38.9 Å². The summed E-state index contributed by atoms with van der Waals surface area (Å²) in [6.07, 6.45) is 3.38. The van der Waals surface area contributed by atoms with Gasteiger partial charge >= 0.3 is 0 Å². The zero-order valence-electron chi connectivity index (χ0n) is 6.40. The summed E-state index contributed by atoms with van der Waals surface area (Å²) < 4.78 is 4.43. The summed E-state index contributed by atoms with van der Waals surface area (Å²) in [5.74, 6) is 0. The minimum atomic E-state index is 0.727. The average Bonchev–Trinajstić information content (AvgIpc) is 2.59. The molecule has 3 nitrogen and oxygen atoms in total. The predicted molar refractivity (Wildman–Crippen MR) is 42.4 cm³/mol. The maximum absolute atomic E-state index is 4.43. The standard InChI is InChI=1S/C9H7N2O/c1-2-4-8(5-3-1)6-9-7-10-12-11-9/h1-5H,6H2. The Morgan fingerprint density at radius 1 is 1.25 bits per heavy atom. The minimum absolute atomic E-state index is 0.727. The van der Waals surface area contributed by atoms with Crippen molar-refractivity contribution in [3.63, 3.8) is 0 Å². The van der Waals surface area contributed by atoms with Crippen molar-refractivity contribution in [3.05, 3.63) is 47.8 Å². The monoisotopic (exact) mass is 159 g/mol. The van der Waals surface area contributed by atoms with E-state index in [1.54, 1.807) is 0 Å². The molecule has 2 aromatic rings. The zero-order valence-corrected chi connectivity index (χ0v) is 6.40. The van der Waals surface area contributed by atoms with Gasteiger partial charge in [-0.15, -0.1) is 0 Å². The fourth-order valence-electron chi connectivity index (χ4n) is 1.02. The summed E-state index contributed by atoms with van der Waals surface area (Å²) >= 11 is 0. The molecule has 12 heavy (non-hydrogen) atoms. The number of hydrogen-bond acceptors (Lipinski definition) is 3. The molecule has 0 N–H and O–H groups in total. The summed E-state index contributed by atoms with van der Waals surface area (Å²) in [5.41, 5.74) is 1.92. The molecular weight excluding hydrogens is 152 g/mol. The van der Waals surface area contributed by atoms with Crippen LogP contribution in [-0.4, -0.2) is 10.3 Å². The maximum atomic E-state index is 4.43. The van der Waals surface area contributed by atoms with Gasteiger partial charge in [0.1, 0.15) is 5.69 Å². The van der Waals surface area contributed by atoms with Crippen LogP contribution in [0.3, 0.4) is 0 Å². The Kier molecular flexibility index (Phi) is 1.86. The van der Waals surface area contributed by atoms with Gasteiger partial charge in [-0.05, 0) is 10.7 Å².